The second-order valence-electron chi connectivity index (χ2n) is 4.74. The standard InChI is InChI=1S/C15H23NO3/c1-6-11(15(17)19-5)14(16)12-7-9(2)10(3)8-13(12)18-4/h7-8,11,14H,6,16H2,1-5H3. The molecule has 0 amide bonds. The van der Waals surface area contributed by atoms with Crippen LogP contribution in [0, 0.1) is 19.8 Å². The molecule has 106 valence electrons. The van der Waals surface area contributed by atoms with Gasteiger partial charge >= 0.3 is 5.97 Å². The molecule has 0 bridgehead atoms. The third kappa shape index (κ3) is 3.26. The van der Waals surface area contributed by atoms with Gasteiger partial charge in [0.25, 0.3) is 0 Å². The van der Waals surface area contributed by atoms with Crippen LogP contribution in [-0.4, -0.2) is 20.2 Å². The number of carbonyl (C=O) groups excluding carboxylic acids is 1. The highest BCUT2D eigenvalue weighted by Crippen LogP contribution is 2.32. The van der Waals surface area contributed by atoms with Gasteiger partial charge in [-0.1, -0.05) is 13.0 Å². The van der Waals surface area contributed by atoms with Crippen molar-refractivity contribution in [3.63, 3.8) is 0 Å². The summed E-state index contributed by atoms with van der Waals surface area (Å²) in [5, 5.41) is 0. The summed E-state index contributed by atoms with van der Waals surface area (Å²) in [7, 11) is 2.99. The number of nitrogens with two attached hydrogens (primary N) is 1. The lowest BCUT2D eigenvalue weighted by atomic mass is 9.89. The molecule has 0 aliphatic rings. The van der Waals surface area contributed by atoms with Crippen molar-refractivity contribution in [2.24, 2.45) is 11.7 Å². The third-order valence-electron chi connectivity index (χ3n) is 3.58. The molecule has 4 nitrogen and oxygen atoms in total. The van der Waals surface area contributed by atoms with Crippen molar-refractivity contribution in [1.82, 2.24) is 0 Å². The molecule has 0 aromatic heterocycles. The van der Waals surface area contributed by atoms with E-state index in [1.807, 2.05) is 32.9 Å². The molecule has 0 spiro atoms. The van der Waals surface area contributed by atoms with Gasteiger partial charge in [0, 0.05) is 11.6 Å². The van der Waals surface area contributed by atoms with Gasteiger partial charge in [-0.3, -0.25) is 4.79 Å². The maximum atomic E-state index is 11.8. The SMILES string of the molecule is CCC(C(=O)OC)C(N)c1cc(C)c(C)cc1OC. The second-order valence-corrected chi connectivity index (χ2v) is 4.74. The first-order chi connectivity index (χ1) is 8.96. The Kier molecular flexibility index (Phi) is 5.36. The molecule has 0 saturated carbocycles. The highest BCUT2D eigenvalue weighted by molar-refractivity contribution is 5.73. The van der Waals surface area contributed by atoms with Crippen LogP contribution in [-0.2, 0) is 9.53 Å². The predicted molar refractivity (Wildman–Crippen MR) is 75.2 cm³/mol. The number of aryl methyl sites for hydroxylation is 2. The Morgan fingerprint density at radius 3 is 2.32 bits per heavy atom. The summed E-state index contributed by atoms with van der Waals surface area (Å²) in [5.41, 5.74) is 9.36. The van der Waals surface area contributed by atoms with Gasteiger partial charge in [-0.15, -0.1) is 0 Å². The molecule has 0 saturated heterocycles. The van der Waals surface area contributed by atoms with Gasteiger partial charge < -0.3 is 15.2 Å². The number of esters is 1. The first-order valence-electron chi connectivity index (χ1n) is 6.44. The fourth-order valence-corrected chi connectivity index (χ4v) is 2.18. The van der Waals surface area contributed by atoms with Crippen molar-refractivity contribution in [2.45, 2.75) is 33.2 Å². The van der Waals surface area contributed by atoms with E-state index in [1.165, 1.54) is 7.11 Å². The van der Waals surface area contributed by atoms with Crippen LogP contribution in [0.25, 0.3) is 0 Å². The largest absolute Gasteiger partial charge is 0.496 e. The minimum Gasteiger partial charge on any atom is -0.496 e. The van der Waals surface area contributed by atoms with Crippen molar-refractivity contribution >= 4 is 5.97 Å². The molecule has 0 aliphatic heterocycles. The lowest BCUT2D eigenvalue weighted by Crippen LogP contribution is -2.29. The molecule has 1 rings (SSSR count). The number of methoxy groups -OCH3 is 2. The van der Waals surface area contributed by atoms with Crippen LogP contribution in [0.4, 0.5) is 0 Å². The van der Waals surface area contributed by atoms with Crippen molar-refractivity contribution in [3.8, 4) is 5.75 Å². The normalized spacial score (nSPS) is 13.8. The van der Waals surface area contributed by atoms with Crippen molar-refractivity contribution in [2.75, 3.05) is 14.2 Å². The number of rotatable bonds is 5. The van der Waals surface area contributed by atoms with Crippen LogP contribution in [0.15, 0.2) is 12.1 Å². The average Bonchev–Trinajstić information content (AvgIpc) is 2.41. The first kappa shape index (κ1) is 15.5. The molecular weight excluding hydrogens is 242 g/mol. The van der Waals surface area contributed by atoms with Gasteiger partial charge in [0.05, 0.1) is 20.1 Å². The van der Waals surface area contributed by atoms with Gasteiger partial charge in [0.2, 0.25) is 0 Å². The van der Waals surface area contributed by atoms with Crippen molar-refractivity contribution in [1.29, 1.82) is 0 Å². The Hall–Kier alpha value is -1.55. The Bertz CT molecular complexity index is 457. The third-order valence-corrected chi connectivity index (χ3v) is 3.58. The van der Waals surface area contributed by atoms with E-state index in [4.69, 9.17) is 15.2 Å². The van der Waals surface area contributed by atoms with E-state index in [-0.39, 0.29) is 11.9 Å². The minimum atomic E-state index is -0.424. The van der Waals surface area contributed by atoms with Crippen LogP contribution in [0.1, 0.15) is 36.1 Å². The van der Waals surface area contributed by atoms with Gasteiger partial charge in [-0.05, 0) is 37.5 Å². The zero-order chi connectivity index (χ0) is 14.6. The molecule has 4 heteroatoms. The maximum absolute atomic E-state index is 11.8. The van der Waals surface area contributed by atoms with E-state index >= 15 is 0 Å². The minimum absolute atomic E-state index is 0.282. The smallest absolute Gasteiger partial charge is 0.310 e. The number of ether oxygens (including phenoxy) is 2. The molecule has 0 fully saturated rings. The summed E-state index contributed by atoms with van der Waals surface area (Å²) in [6.07, 6.45) is 0.629. The lowest BCUT2D eigenvalue weighted by Gasteiger charge is -2.23. The number of benzene rings is 1. The molecule has 0 heterocycles. The fourth-order valence-electron chi connectivity index (χ4n) is 2.18. The summed E-state index contributed by atoms with van der Waals surface area (Å²) in [5.74, 6) is 0.0780. The average molecular weight is 265 g/mol. The Balaban J connectivity index is 3.20. The Labute approximate surface area is 114 Å². The van der Waals surface area contributed by atoms with E-state index in [2.05, 4.69) is 0 Å². The van der Waals surface area contributed by atoms with Crippen LogP contribution in [0.5, 0.6) is 5.75 Å². The van der Waals surface area contributed by atoms with Crippen LogP contribution in [0.3, 0.4) is 0 Å². The molecule has 1 aromatic carbocycles. The van der Waals surface area contributed by atoms with E-state index in [0.717, 1.165) is 22.4 Å². The molecule has 1 aromatic rings. The van der Waals surface area contributed by atoms with E-state index in [1.54, 1.807) is 7.11 Å². The van der Waals surface area contributed by atoms with Crippen LogP contribution < -0.4 is 10.5 Å². The molecular formula is C15H23NO3. The number of hydrogen-bond donors (Lipinski definition) is 1. The van der Waals surface area contributed by atoms with Gasteiger partial charge in [-0.25, -0.2) is 0 Å². The van der Waals surface area contributed by atoms with Gasteiger partial charge in [0.1, 0.15) is 5.75 Å². The van der Waals surface area contributed by atoms with Crippen LogP contribution in [0.2, 0.25) is 0 Å². The Morgan fingerprint density at radius 1 is 1.26 bits per heavy atom. The maximum Gasteiger partial charge on any atom is 0.310 e. The first-order valence-corrected chi connectivity index (χ1v) is 6.44. The van der Waals surface area contributed by atoms with E-state index < -0.39 is 6.04 Å². The summed E-state index contributed by atoms with van der Waals surface area (Å²) in [6, 6.07) is 3.52. The van der Waals surface area contributed by atoms with Crippen molar-refractivity contribution < 1.29 is 14.3 Å². The topological polar surface area (TPSA) is 61.5 Å². The second kappa shape index (κ2) is 6.57. The highest BCUT2D eigenvalue weighted by Gasteiger charge is 2.28. The molecule has 2 N–H and O–H groups in total. The molecule has 0 radical (unpaired) electrons. The van der Waals surface area contributed by atoms with Crippen LogP contribution >= 0.6 is 0 Å². The number of hydrogen-bond acceptors (Lipinski definition) is 4. The molecule has 2 unspecified atom stereocenters. The van der Waals surface area contributed by atoms with E-state index in [9.17, 15) is 4.79 Å². The summed E-state index contributed by atoms with van der Waals surface area (Å²) < 4.78 is 10.2. The van der Waals surface area contributed by atoms with Crippen molar-refractivity contribution in [3.05, 3.63) is 28.8 Å². The Morgan fingerprint density at radius 2 is 1.84 bits per heavy atom. The summed E-state index contributed by atoms with van der Waals surface area (Å²) in [6.45, 7) is 5.96. The monoisotopic (exact) mass is 265 g/mol. The molecule has 0 aliphatic carbocycles. The van der Waals surface area contributed by atoms with Gasteiger partial charge in [0.15, 0.2) is 0 Å². The zero-order valence-electron chi connectivity index (χ0n) is 12.3. The lowest BCUT2D eigenvalue weighted by molar-refractivity contribution is -0.146. The molecule has 19 heavy (non-hydrogen) atoms. The quantitative estimate of drug-likeness (QED) is 0.831. The summed E-state index contributed by atoms with van der Waals surface area (Å²) in [4.78, 5) is 11.8. The number of carbonyl (C=O) groups is 1. The van der Waals surface area contributed by atoms with Gasteiger partial charge in [-0.2, -0.15) is 0 Å². The molecule has 2 atom stereocenters. The highest BCUT2D eigenvalue weighted by atomic mass is 16.5. The zero-order valence-corrected chi connectivity index (χ0v) is 12.3. The predicted octanol–water partition coefficient (Wildman–Crippen LogP) is 2.51. The summed E-state index contributed by atoms with van der Waals surface area (Å²) >= 11 is 0. The van der Waals surface area contributed by atoms with E-state index in [0.29, 0.717) is 6.42 Å². The fraction of sp³-hybridized carbons (Fsp3) is 0.533.